The molecule has 116 valence electrons. The molecule has 1 aromatic rings. The molecule has 0 radical (unpaired) electrons. The molecule has 0 bridgehead atoms. The fourth-order valence-electron chi connectivity index (χ4n) is 1.59. The zero-order valence-electron chi connectivity index (χ0n) is 11.5. The molecule has 0 spiro atoms. The summed E-state index contributed by atoms with van der Waals surface area (Å²) in [5.41, 5.74) is 0.669. The number of ether oxygens (including phenoxy) is 2. The van der Waals surface area contributed by atoms with E-state index < -0.39 is 18.8 Å². The molecule has 0 heterocycles. The molecule has 0 aliphatic rings. The van der Waals surface area contributed by atoms with Crippen LogP contribution in [0.25, 0.3) is 0 Å². The van der Waals surface area contributed by atoms with E-state index in [1.54, 1.807) is 31.4 Å². The van der Waals surface area contributed by atoms with Crippen molar-refractivity contribution >= 4 is 24.5 Å². The maximum atomic E-state index is 11.0. The first-order chi connectivity index (χ1) is 9.85. The van der Waals surface area contributed by atoms with Crippen LogP contribution >= 0.6 is 6.72 Å². The van der Waals surface area contributed by atoms with Gasteiger partial charge in [0.2, 0.25) is 0 Å². The minimum atomic E-state index is -3.84. The number of hydrogen-bond acceptors (Lipinski definition) is 5. The second-order valence-electron chi connectivity index (χ2n) is 4.02. The van der Waals surface area contributed by atoms with Crippen LogP contribution in [-0.2, 0) is 25.9 Å². The second kappa shape index (κ2) is 8.26. The molecular weight excluding hydrogens is 315 g/mol. The molecule has 0 fully saturated rings. The van der Waals surface area contributed by atoms with E-state index >= 15 is 0 Å². The van der Waals surface area contributed by atoms with Crippen LogP contribution in [0.15, 0.2) is 36.9 Å². The fourth-order valence-corrected chi connectivity index (χ4v) is 2.46. The van der Waals surface area contributed by atoms with Crippen molar-refractivity contribution in [3.63, 3.8) is 0 Å². The molecule has 0 saturated carbocycles. The van der Waals surface area contributed by atoms with Gasteiger partial charge in [-0.3, -0.25) is 0 Å². The molecule has 0 aliphatic heterocycles. The van der Waals surface area contributed by atoms with Crippen LogP contribution in [0.2, 0.25) is 0 Å². The number of benzene rings is 1. The summed E-state index contributed by atoms with van der Waals surface area (Å²) in [5, 5.41) is 0. The lowest BCUT2D eigenvalue weighted by molar-refractivity contribution is -0.138. The Bertz CT molecular complexity index is 524. The number of carbonyl (C=O) groups is 1. The van der Waals surface area contributed by atoms with Crippen molar-refractivity contribution in [1.82, 2.24) is 0 Å². The van der Waals surface area contributed by atoms with Gasteiger partial charge in [0.1, 0.15) is 5.75 Å². The third-order valence-corrected chi connectivity index (χ3v) is 3.33. The number of hydrogen-bond donors (Lipinski definition) is 2. The maximum absolute atomic E-state index is 11.0. The van der Waals surface area contributed by atoms with E-state index in [2.05, 4.69) is 18.4 Å². The van der Waals surface area contributed by atoms with E-state index in [0.29, 0.717) is 11.3 Å². The first kappa shape index (κ1) is 17.8. The third-order valence-electron chi connectivity index (χ3n) is 2.54. The van der Waals surface area contributed by atoms with Crippen LogP contribution < -0.4 is 4.74 Å². The zero-order chi connectivity index (χ0) is 15.9. The van der Waals surface area contributed by atoms with E-state index in [1.165, 1.54) is 0 Å². The quantitative estimate of drug-likeness (QED) is 0.428. The molecule has 0 saturated heterocycles. The summed E-state index contributed by atoms with van der Waals surface area (Å²) in [7, 11) is 1.54. The van der Waals surface area contributed by atoms with Gasteiger partial charge in [-0.15, -0.1) is 0 Å². The van der Waals surface area contributed by atoms with Crippen molar-refractivity contribution in [2.75, 3.05) is 13.7 Å². The Morgan fingerprint density at radius 2 is 2.05 bits per heavy atom. The normalized spacial score (nSPS) is 12.5. The highest BCUT2D eigenvalue weighted by molar-refractivity contribution is 8.06. The van der Waals surface area contributed by atoms with Gasteiger partial charge in [0.05, 0.1) is 19.8 Å². The molecule has 1 atom stereocenters. The molecule has 2 N–H and O–H groups in total. The van der Waals surface area contributed by atoms with Crippen LogP contribution in [0.3, 0.4) is 0 Å². The summed E-state index contributed by atoms with van der Waals surface area (Å²) < 4.78 is 15.0. The van der Waals surface area contributed by atoms with Crippen molar-refractivity contribution in [2.45, 2.75) is 12.5 Å². The number of rotatable bonds is 8. The largest absolute Gasteiger partial charge is 0.497 e. The summed E-state index contributed by atoms with van der Waals surface area (Å²) in [4.78, 5) is 29.6. The van der Waals surface area contributed by atoms with Crippen LogP contribution in [0.4, 0.5) is 0 Å². The van der Waals surface area contributed by atoms with Crippen molar-refractivity contribution < 1.29 is 28.6 Å². The predicted molar refractivity (Wildman–Crippen MR) is 81.3 cm³/mol. The Kier molecular flexibility index (Phi) is 7.01. The first-order valence-electron chi connectivity index (χ1n) is 6.03. The van der Waals surface area contributed by atoms with Crippen molar-refractivity contribution in [1.29, 1.82) is 0 Å². The van der Waals surface area contributed by atoms with Gasteiger partial charge < -0.3 is 23.8 Å². The van der Waals surface area contributed by atoms with E-state index in [1.807, 2.05) is 0 Å². The van der Waals surface area contributed by atoms with E-state index in [0.717, 1.165) is 6.08 Å². The first-order valence-corrected chi connectivity index (χ1v) is 8.65. The highest BCUT2D eigenvalue weighted by atomic mass is 32.5. The zero-order valence-corrected chi connectivity index (χ0v) is 13.2. The Labute approximate surface area is 128 Å². The van der Waals surface area contributed by atoms with Crippen LogP contribution in [-0.4, -0.2) is 29.5 Å². The molecule has 8 heteroatoms. The summed E-state index contributed by atoms with van der Waals surface area (Å²) in [5.74, 6) is 0.0962. The van der Waals surface area contributed by atoms with Gasteiger partial charge in [-0.25, -0.2) is 4.79 Å². The number of methoxy groups -OCH3 is 1. The summed E-state index contributed by atoms with van der Waals surface area (Å²) in [6.07, 6.45) is 0.575. The highest BCUT2D eigenvalue weighted by Crippen LogP contribution is 2.44. The Hall–Kier alpha value is -1.24. The summed E-state index contributed by atoms with van der Waals surface area (Å²) >= 11 is 4.49. The minimum absolute atomic E-state index is 0.0386. The van der Waals surface area contributed by atoms with Gasteiger partial charge in [0.15, 0.2) is 0 Å². The molecule has 1 aromatic carbocycles. The average molecular weight is 332 g/mol. The topological polar surface area (TPSA) is 85.2 Å². The Balaban J connectivity index is 2.77. The monoisotopic (exact) mass is 332 g/mol. The lowest BCUT2D eigenvalue weighted by atomic mass is 10.1. The van der Waals surface area contributed by atoms with Crippen molar-refractivity contribution in [3.05, 3.63) is 42.5 Å². The predicted octanol–water partition coefficient (Wildman–Crippen LogP) is 2.08. The number of esters is 1. The smallest absolute Gasteiger partial charge is 0.330 e. The van der Waals surface area contributed by atoms with Crippen LogP contribution in [0.5, 0.6) is 5.75 Å². The van der Waals surface area contributed by atoms with Gasteiger partial charge in [0, 0.05) is 12.5 Å². The van der Waals surface area contributed by atoms with Gasteiger partial charge in [-0.05, 0) is 29.5 Å². The molecule has 1 unspecified atom stereocenters. The third kappa shape index (κ3) is 6.84. The Morgan fingerprint density at radius 1 is 1.43 bits per heavy atom. The minimum Gasteiger partial charge on any atom is -0.497 e. The second-order valence-corrected chi connectivity index (χ2v) is 6.64. The molecule has 21 heavy (non-hydrogen) atoms. The maximum Gasteiger partial charge on any atom is 0.330 e. The Morgan fingerprint density at radius 3 is 2.52 bits per heavy atom. The molecule has 1 rings (SSSR count). The average Bonchev–Trinajstić information content (AvgIpc) is 2.44. The summed E-state index contributed by atoms with van der Waals surface area (Å²) in [6.45, 7) is -0.513. The SMILES string of the molecule is C=CC(=O)OCCC(OP(O)(O)=S)c1ccc(OC)cc1. The summed E-state index contributed by atoms with van der Waals surface area (Å²) in [6, 6.07) is 6.84. The highest BCUT2D eigenvalue weighted by Gasteiger charge is 2.20. The van der Waals surface area contributed by atoms with Crippen molar-refractivity contribution in [3.8, 4) is 5.75 Å². The van der Waals surface area contributed by atoms with Crippen molar-refractivity contribution in [2.24, 2.45) is 0 Å². The standard InChI is InChI=1S/C13H17O6PS/c1-3-13(14)18-9-8-12(19-20(15,16)21)10-4-6-11(17-2)7-5-10/h3-7,12H,1,8-9H2,2H3,(H2,15,16,21). The lowest BCUT2D eigenvalue weighted by Gasteiger charge is -2.20. The molecular formula is C13H17O6PS. The van der Waals surface area contributed by atoms with E-state index in [-0.39, 0.29) is 13.0 Å². The van der Waals surface area contributed by atoms with E-state index in [9.17, 15) is 14.6 Å². The fraction of sp³-hybridized carbons (Fsp3) is 0.308. The molecule has 6 nitrogen and oxygen atoms in total. The molecule has 0 amide bonds. The lowest BCUT2D eigenvalue weighted by Crippen LogP contribution is -2.09. The van der Waals surface area contributed by atoms with Crippen LogP contribution in [0.1, 0.15) is 18.1 Å². The van der Waals surface area contributed by atoms with Gasteiger partial charge >= 0.3 is 12.7 Å². The molecule has 0 aliphatic carbocycles. The van der Waals surface area contributed by atoms with Gasteiger partial charge in [0.25, 0.3) is 0 Å². The van der Waals surface area contributed by atoms with Gasteiger partial charge in [-0.1, -0.05) is 18.7 Å². The van der Waals surface area contributed by atoms with E-state index in [4.69, 9.17) is 14.0 Å². The number of carbonyl (C=O) groups excluding carboxylic acids is 1. The molecule has 0 aromatic heterocycles. The van der Waals surface area contributed by atoms with Crippen LogP contribution in [0, 0.1) is 0 Å². The van der Waals surface area contributed by atoms with Gasteiger partial charge in [-0.2, -0.15) is 0 Å².